The van der Waals surface area contributed by atoms with E-state index >= 15 is 0 Å². The zero-order valence-electron chi connectivity index (χ0n) is 34.4. The first kappa shape index (κ1) is 43.7. The van der Waals surface area contributed by atoms with Crippen LogP contribution in [0.25, 0.3) is 10.8 Å². The maximum Gasteiger partial charge on any atom is 0.330 e. The van der Waals surface area contributed by atoms with Gasteiger partial charge in [-0.05, 0) is 142 Å². The standard InChI is InChI=1S/C50H52N4O7/c1-2-50(55)59-37-15-6-5-14-34-56-42-24-20-39(21-25-42)38-60-61-45-30-28-44(29-31-45)58-36-13-4-3-12-35-57-43-26-22-41(23-27-43)52-54-49-33-32-48(46-18-10-11-19-47(46)49)53-51-40-16-8-7-9-17-40/h2,7-11,16-33H,1,3-6,12-15,34-38H2. The molecule has 61 heavy (non-hydrogen) atoms. The maximum absolute atomic E-state index is 11.0. The maximum atomic E-state index is 11.0. The Balaban J connectivity index is 0.794. The summed E-state index contributed by atoms with van der Waals surface area (Å²) in [6.07, 6.45) is 8.96. The molecule has 0 bridgehead atoms. The van der Waals surface area contributed by atoms with Crippen LogP contribution in [0.1, 0.15) is 56.9 Å². The van der Waals surface area contributed by atoms with Crippen molar-refractivity contribution in [3.8, 4) is 23.0 Å². The van der Waals surface area contributed by atoms with E-state index in [-0.39, 0.29) is 5.97 Å². The van der Waals surface area contributed by atoms with Gasteiger partial charge in [-0.1, -0.05) is 61.2 Å². The minimum atomic E-state index is -0.374. The first-order valence-electron chi connectivity index (χ1n) is 20.8. The third-order valence-electron chi connectivity index (χ3n) is 9.44. The zero-order chi connectivity index (χ0) is 42.2. The van der Waals surface area contributed by atoms with E-state index in [0.717, 1.165) is 108 Å². The molecule has 0 spiro atoms. The molecule has 6 aromatic carbocycles. The number of fused-ring (bicyclic) bond motifs is 1. The fourth-order valence-electron chi connectivity index (χ4n) is 6.12. The number of unbranched alkanes of at least 4 members (excludes halogenated alkanes) is 6. The van der Waals surface area contributed by atoms with Crippen molar-refractivity contribution in [1.29, 1.82) is 0 Å². The summed E-state index contributed by atoms with van der Waals surface area (Å²) in [4.78, 5) is 21.9. The molecule has 0 saturated carbocycles. The van der Waals surface area contributed by atoms with E-state index in [9.17, 15) is 4.79 Å². The van der Waals surface area contributed by atoms with Gasteiger partial charge >= 0.3 is 5.97 Å². The van der Waals surface area contributed by atoms with Crippen molar-refractivity contribution in [3.05, 3.63) is 158 Å². The second-order valence-corrected chi connectivity index (χ2v) is 14.1. The molecule has 0 saturated heterocycles. The number of hydrogen-bond donors (Lipinski definition) is 0. The fourth-order valence-corrected chi connectivity index (χ4v) is 6.12. The molecule has 11 nitrogen and oxygen atoms in total. The number of hydrogen-bond acceptors (Lipinski definition) is 11. The summed E-state index contributed by atoms with van der Waals surface area (Å²) < 4.78 is 22.7. The lowest BCUT2D eigenvalue weighted by Gasteiger charge is -2.09. The highest BCUT2D eigenvalue weighted by Gasteiger charge is 2.06. The summed E-state index contributed by atoms with van der Waals surface area (Å²) in [6, 6.07) is 44.4. The molecule has 11 heteroatoms. The molecule has 0 aromatic heterocycles. The van der Waals surface area contributed by atoms with E-state index in [2.05, 4.69) is 27.0 Å². The van der Waals surface area contributed by atoms with Gasteiger partial charge < -0.3 is 23.8 Å². The van der Waals surface area contributed by atoms with Crippen LogP contribution in [0, 0.1) is 0 Å². The van der Waals surface area contributed by atoms with Crippen LogP contribution in [0.15, 0.2) is 173 Å². The van der Waals surface area contributed by atoms with Gasteiger partial charge in [0, 0.05) is 16.8 Å². The van der Waals surface area contributed by atoms with Crippen molar-refractivity contribution in [2.45, 2.75) is 58.0 Å². The van der Waals surface area contributed by atoms with Crippen LogP contribution in [0.2, 0.25) is 0 Å². The quantitative estimate of drug-likeness (QED) is 0.0133. The monoisotopic (exact) mass is 820 g/mol. The predicted molar refractivity (Wildman–Crippen MR) is 238 cm³/mol. The van der Waals surface area contributed by atoms with E-state index in [1.807, 2.05) is 140 Å². The first-order valence-corrected chi connectivity index (χ1v) is 20.8. The van der Waals surface area contributed by atoms with Gasteiger partial charge in [0.15, 0.2) is 5.75 Å². The summed E-state index contributed by atoms with van der Waals surface area (Å²) in [5, 5.41) is 19.8. The number of esters is 1. The molecule has 0 fully saturated rings. The fraction of sp³-hybridized carbons (Fsp3) is 0.260. The van der Waals surface area contributed by atoms with Crippen molar-refractivity contribution in [2.75, 3.05) is 26.4 Å². The molecule has 0 atom stereocenters. The average molecular weight is 821 g/mol. The summed E-state index contributed by atoms with van der Waals surface area (Å²) >= 11 is 0. The minimum Gasteiger partial charge on any atom is -0.494 e. The average Bonchev–Trinajstić information content (AvgIpc) is 3.31. The molecule has 6 aromatic rings. The molecule has 0 unspecified atom stereocenters. The molecule has 0 aliphatic heterocycles. The van der Waals surface area contributed by atoms with Crippen molar-refractivity contribution in [1.82, 2.24) is 0 Å². The number of benzene rings is 6. The summed E-state index contributed by atoms with van der Waals surface area (Å²) in [5.74, 6) is 2.63. The normalized spacial score (nSPS) is 11.2. The Morgan fingerprint density at radius 2 is 0.902 bits per heavy atom. The number of rotatable bonds is 26. The van der Waals surface area contributed by atoms with E-state index in [4.69, 9.17) is 28.7 Å². The highest BCUT2D eigenvalue weighted by molar-refractivity contribution is 5.99. The van der Waals surface area contributed by atoms with Gasteiger partial charge in [0.05, 0.1) is 49.2 Å². The van der Waals surface area contributed by atoms with Gasteiger partial charge in [-0.15, -0.1) is 10.2 Å². The lowest BCUT2D eigenvalue weighted by Crippen LogP contribution is -2.02. The molecule has 0 aliphatic carbocycles. The lowest BCUT2D eigenvalue weighted by molar-refractivity contribution is -0.217. The van der Waals surface area contributed by atoms with Gasteiger partial charge in [0.1, 0.15) is 23.9 Å². The Kier molecular flexibility index (Phi) is 17.9. The van der Waals surface area contributed by atoms with Gasteiger partial charge in [-0.25, -0.2) is 4.79 Å². The number of azo groups is 2. The van der Waals surface area contributed by atoms with E-state index in [1.54, 1.807) is 0 Å². The van der Waals surface area contributed by atoms with Crippen LogP contribution in [0.4, 0.5) is 22.7 Å². The Bertz CT molecular complexity index is 2280. The number of ether oxygens (including phenoxy) is 4. The molecule has 6 rings (SSSR count). The molecular formula is C50H52N4O7. The van der Waals surface area contributed by atoms with Crippen LogP contribution < -0.4 is 19.1 Å². The van der Waals surface area contributed by atoms with Crippen molar-refractivity contribution in [2.24, 2.45) is 20.5 Å². The lowest BCUT2D eigenvalue weighted by atomic mass is 10.1. The van der Waals surface area contributed by atoms with Crippen LogP contribution in [0.5, 0.6) is 23.0 Å². The third-order valence-corrected chi connectivity index (χ3v) is 9.44. The summed E-state index contributed by atoms with van der Waals surface area (Å²) in [7, 11) is 0. The molecule has 314 valence electrons. The summed E-state index contributed by atoms with van der Waals surface area (Å²) in [5.41, 5.74) is 4.06. The summed E-state index contributed by atoms with van der Waals surface area (Å²) in [6.45, 7) is 6.04. The Hall–Kier alpha value is -6.85. The zero-order valence-corrected chi connectivity index (χ0v) is 34.4. The largest absolute Gasteiger partial charge is 0.494 e. The van der Waals surface area contributed by atoms with Crippen LogP contribution >= 0.6 is 0 Å². The number of nitrogens with zero attached hydrogens (tertiary/aromatic N) is 4. The molecular weight excluding hydrogens is 769 g/mol. The van der Waals surface area contributed by atoms with Gasteiger partial charge in [-0.3, -0.25) is 0 Å². The molecule has 0 radical (unpaired) electrons. The number of carbonyl (C=O) groups excluding carboxylic acids is 1. The van der Waals surface area contributed by atoms with E-state index in [0.29, 0.717) is 38.8 Å². The highest BCUT2D eigenvalue weighted by atomic mass is 17.2. The Morgan fingerprint density at radius 3 is 1.43 bits per heavy atom. The van der Waals surface area contributed by atoms with Gasteiger partial charge in [0.2, 0.25) is 0 Å². The molecule has 0 N–H and O–H groups in total. The van der Waals surface area contributed by atoms with E-state index in [1.165, 1.54) is 6.08 Å². The van der Waals surface area contributed by atoms with E-state index < -0.39 is 0 Å². The van der Waals surface area contributed by atoms with Crippen LogP contribution in [-0.2, 0) is 21.0 Å². The highest BCUT2D eigenvalue weighted by Crippen LogP contribution is 2.35. The van der Waals surface area contributed by atoms with Gasteiger partial charge in [0.25, 0.3) is 0 Å². The predicted octanol–water partition coefficient (Wildman–Crippen LogP) is 13.9. The third kappa shape index (κ3) is 15.4. The molecule has 0 amide bonds. The molecule has 0 aliphatic rings. The second-order valence-electron chi connectivity index (χ2n) is 14.1. The van der Waals surface area contributed by atoms with Gasteiger partial charge in [-0.2, -0.15) is 15.1 Å². The van der Waals surface area contributed by atoms with Crippen molar-refractivity contribution in [3.63, 3.8) is 0 Å². The van der Waals surface area contributed by atoms with Crippen LogP contribution in [-0.4, -0.2) is 32.4 Å². The number of carbonyl (C=O) groups is 1. The smallest absolute Gasteiger partial charge is 0.330 e. The van der Waals surface area contributed by atoms with Crippen molar-refractivity contribution >= 4 is 39.5 Å². The minimum absolute atomic E-state index is 0.305. The topological polar surface area (TPSA) is 122 Å². The second kappa shape index (κ2) is 24.9. The SMILES string of the molecule is C=CC(=O)OCCCCCCOc1ccc(COOc2ccc(OCCCCCCOc3ccc(N=Nc4ccc(N=Nc5ccccc5)c5ccccc45)cc3)cc2)cc1. The molecule has 0 heterocycles. The van der Waals surface area contributed by atoms with Crippen molar-refractivity contribution < 1.29 is 33.5 Å². The Labute approximate surface area is 357 Å². The Morgan fingerprint density at radius 1 is 0.459 bits per heavy atom. The first-order chi connectivity index (χ1) is 30.1. The van der Waals surface area contributed by atoms with Crippen LogP contribution in [0.3, 0.4) is 0 Å².